The van der Waals surface area contributed by atoms with Gasteiger partial charge in [-0.05, 0) is 18.9 Å². The lowest BCUT2D eigenvalue weighted by Crippen LogP contribution is -1.94. The summed E-state index contributed by atoms with van der Waals surface area (Å²) in [5.41, 5.74) is 1.13. The summed E-state index contributed by atoms with van der Waals surface area (Å²) < 4.78 is 0. The van der Waals surface area contributed by atoms with Gasteiger partial charge >= 0.3 is 5.69 Å². The molecular formula is C10H11NO3. The van der Waals surface area contributed by atoms with Gasteiger partial charge in [-0.25, -0.2) is 0 Å². The number of hydrogen-bond acceptors (Lipinski definition) is 3. The minimum Gasteiger partial charge on any atom is -0.502 e. The zero-order valence-electron chi connectivity index (χ0n) is 7.86. The Hall–Kier alpha value is -1.84. The molecule has 1 aromatic carbocycles. The largest absolute Gasteiger partial charge is 0.502 e. The van der Waals surface area contributed by atoms with E-state index >= 15 is 0 Å². The molecule has 0 aromatic heterocycles. The SMILES string of the molecule is C=CCc1c(C)ccc([N+](=O)[O-])c1O. The van der Waals surface area contributed by atoms with E-state index < -0.39 is 4.92 Å². The molecule has 4 heteroatoms. The highest BCUT2D eigenvalue weighted by Crippen LogP contribution is 2.32. The van der Waals surface area contributed by atoms with Crippen molar-refractivity contribution >= 4 is 5.69 Å². The molecule has 1 aromatic rings. The third-order valence-electron chi connectivity index (χ3n) is 2.04. The van der Waals surface area contributed by atoms with Crippen molar-refractivity contribution in [2.75, 3.05) is 0 Å². The second-order valence-corrected chi connectivity index (χ2v) is 2.98. The van der Waals surface area contributed by atoms with Gasteiger partial charge in [-0.2, -0.15) is 0 Å². The summed E-state index contributed by atoms with van der Waals surface area (Å²) >= 11 is 0. The second kappa shape index (κ2) is 3.91. The van der Waals surface area contributed by atoms with Crippen molar-refractivity contribution in [1.82, 2.24) is 0 Å². The van der Waals surface area contributed by atoms with E-state index in [1.165, 1.54) is 6.07 Å². The van der Waals surface area contributed by atoms with Crippen LogP contribution in [0.4, 0.5) is 5.69 Å². The quantitative estimate of drug-likeness (QED) is 0.455. The molecule has 1 N–H and O–H groups in total. The van der Waals surface area contributed by atoms with Gasteiger partial charge in [0.25, 0.3) is 0 Å². The maximum absolute atomic E-state index is 10.5. The Kier molecular flexibility index (Phi) is 2.86. The van der Waals surface area contributed by atoms with Crippen LogP contribution in [0, 0.1) is 17.0 Å². The third kappa shape index (κ3) is 1.74. The average molecular weight is 193 g/mol. The van der Waals surface area contributed by atoms with Gasteiger partial charge in [0.2, 0.25) is 0 Å². The van der Waals surface area contributed by atoms with E-state index in [9.17, 15) is 15.2 Å². The highest BCUT2D eigenvalue weighted by atomic mass is 16.6. The van der Waals surface area contributed by atoms with Crippen molar-refractivity contribution in [3.05, 3.63) is 46.0 Å². The standard InChI is InChI=1S/C10H11NO3/c1-3-4-8-7(2)5-6-9(10(8)12)11(13)14/h3,5-6,12H,1,4H2,2H3. The van der Waals surface area contributed by atoms with Crippen LogP contribution in [0.5, 0.6) is 5.75 Å². The van der Waals surface area contributed by atoms with Gasteiger partial charge in [-0.15, -0.1) is 6.58 Å². The van der Waals surface area contributed by atoms with E-state index in [1.807, 2.05) is 0 Å². The van der Waals surface area contributed by atoms with Crippen molar-refractivity contribution in [3.63, 3.8) is 0 Å². The fourth-order valence-electron chi connectivity index (χ4n) is 1.27. The van der Waals surface area contributed by atoms with Crippen LogP contribution in [0.1, 0.15) is 11.1 Å². The van der Waals surface area contributed by atoms with Crippen molar-refractivity contribution < 1.29 is 10.0 Å². The molecule has 0 unspecified atom stereocenters. The lowest BCUT2D eigenvalue weighted by atomic mass is 10.0. The molecule has 14 heavy (non-hydrogen) atoms. The van der Waals surface area contributed by atoms with Gasteiger partial charge in [0, 0.05) is 11.6 Å². The molecular weight excluding hydrogens is 182 g/mol. The van der Waals surface area contributed by atoms with Crippen LogP contribution >= 0.6 is 0 Å². The Morgan fingerprint density at radius 3 is 2.79 bits per heavy atom. The Morgan fingerprint density at radius 2 is 2.29 bits per heavy atom. The number of aromatic hydroxyl groups is 1. The number of aryl methyl sites for hydroxylation is 1. The number of hydrogen-bond donors (Lipinski definition) is 1. The molecule has 0 aliphatic heterocycles. The van der Waals surface area contributed by atoms with Gasteiger partial charge < -0.3 is 5.11 Å². The maximum Gasteiger partial charge on any atom is 0.311 e. The summed E-state index contributed by atoms with van der Waals surface area (Å²) in [6, 6.07) is 2.92. The summed E-state index contributed by atoms with van der Waals surface area (Å²) in [6.07, 6.45) is 2.03. The number of nitrogens with zero attached hydrogens (tertiary/aromatic N) is 1. The van der Waals surface area contributed by atoms with Crippen LogP contribution in [0.25, 0.3) is 0 Å². The Labute approximate surface area is 81.6 Å². The topological polar surface area (TPSA) is 63.4 Å². The van der Waals surface area contributed by atoms with Crippen LogP contribution in [0.15, 0.2) is 24.8 Å². The number of phenolic OH excluding ortho intramolecular Hbond substituents is 1. The molecule has 4 nitrogen and oxygen atoms in total. The van der Waals surface area contributed by atoms with Crippen molar-refractivity contribution in [3.8, 4) is 5.75 Å². The second-order valence-electron chi connectivity index (χ2n) is 2.98. The smallest absolute Gasteiger partial charge is 0.311 e. The lowest BCUT2D eigenvalue weighted by molar-refractivity contribution is -0.385. The number of allylic oxidation sites excluding steroid dienone is 1. The fourth-order valence-corrected chi connectivity index (χ4v) is 1.27. The normalized spacial score (nSPS) is 9.79. The first kappa shape index (κ1) is 10.2. The molecule has 0 heterocycles. The Bertz CT molecular complexity index is 385. The van der Waals surface area contributed by atoms with Gasteiger partial charge in [0.05, 0.1) is 4.92 Å². The molecule has 0 spiro atoms. The zero-order chi connectivity index (χ0) is 10.7. The predicted octanol–water partition coefficient (Wildman–Crippen LogP) is 2.34. The maximum atomic E-state index is 10.5. The van der Waals surface area contributed by atoms with Crippen LogP contribution in [-0.4, -0.2) is 10.0 Å². The minimum atomic E-state index is -0.596. The highest BCUT2D eigenvalue weighted by molar-refractivity contribution is 5.54. The zero-order valence-corrected chi connectivity index (χ0v) is 7.86. The first-order chi connectivity index (χ1) is 6.57. The van der Waals surface area contributed by atoms with E-state index in [2.05, 4.69) is 6.58 Å². The first-order valence-corrected chi connectivity index (χ1v) is 4.14. The Morgan fingerprint density at radius 1 is 1.64 bits per heavy atom. The van der Waals surface area contributed by atoms with Gasteiger partial charge in [0.15, 0.2) is 5.75 Å². The molecule has 0 saturated heterocycles. The molecule has 1 rings (SSSR count). The number of nitro benzene ring substituents is 1. The molecule has 0 aliphatic rings. The van der Waals surface area contributed by atoms with Crippen LogP contribution in [0.2, 0.25) is 0 Å². The Balaban J connectivity index is 3.32. The van der Waals surface area contributed by atoms with E-state index in [0.717, 1.165) is 5.56 Å². The van der Waals surface area contributed by atoms with E-state index in [4.69, 9.17) is 0 Å². The summed E-state index contributed by atoms with van der Waals surface area (Å²) in [4.78, 5) is 9.91. The van der Waals surface area contributed by atoms with E-state index in [1.54, 1.807) is 19.1 Å². The third-order valence-corrected chi connectivity index (χ3v) is 2.04. The fraction of sp³-hybridized carbons (Fsp3) is 0.200. The summed E-state index contributed by atoms with van der Waals surface area (Å²) in [5.74, 6) is -0.255. The van der Waals surface area contributed by atoms with Crippen molar-refractivity contribution in [2.45, 2.75) is 13.3 Å². The first-order valence-electron chi connectivity index (χ1n) is 4.14. The molecule has 0 radical (unpaired) electrons. The van der Waals surface area contributed by atoms with Crippen LogP contribution < -0.4 is 0 Å². The number of rotatable bonds is 3. The summed E-state index contributed by atoms with van der Waals surface area (Å²) in [7, 11) is 0. The summed E-state index contributed by atoms with van der Waals surface area (Å²) in [5, 5.41) is 20.1. The average Bonchev–Trinajstić information content (AvgIpc) is 2.11. The van der Waals surface area contributed by atoms with Crippen LogP contribution in [-0.2, 0) is 6.42 Å². The van der Waals surface area contributed by atoms with Crippen molar-refractivity contribution in [1.29, 1.82) is 0 Å². The molecule has 0 bridgehead atoms. The molecule has 0 saturated carbocycles. The van der Waals surface area contributed by atoms with E-state index in [0.29, 0.717) is 12.0 Å². The molecule has 0 fully saturated rings. The van der Waals surface area contributed by atoms with Crippen molar-refractivity contribution in [2.24, 2.45) is 0 Å². The number of nitro groups is 1. The predicted molar refractivity (Wildman–Crippen MR) is 53.4 cm³/mol. The van der Waals surface area contributed by atoms with Gasteiger partial charge in [0.1, 0.15) is 0 Å². The van der Waals surface area contributed by atoms with Crippen LogP contribution in [0.3, 0.4) is 0 Å². The van der Waals surface area contributed by atoms with E-state index in [-0.39, 0.29) is 11.4 Å². The molecule has 0 amide bonds. The van der Waals surface area contributed by atoms with Gasteiger partial charge in [-0.1, -0.05) is 12.1 Å². The highest BCUT2D eigenvalue weighted by Gasteiger charge is 2.17. The number of phenols is 1. The molecule has 0 atom stereocenters. The van der Waals surface area contributed by atoms with Gasteiger partial charge in [-0.3, -0.25) is 10.1 Å². The molecule has 0 aliphatic carbocycles. The number of benzene rings is 1. The minimum absolute atomic E-state index is 0.255. The molecule has 74 valence electrons. The monoisotopic (exact) mass is 193 g/mol. The summed E-state index contributed by atoms with van der Waals surface area (Å²) in [6.45, 7) is 5.33. The lowest BCUT2D eigenvalue weighted by Gasteiger charge is -2.05.